The number of ether oxygens (including phenoxy) is 2. The average molecular weight is 445 g/mol. The lowest BCUT2D eigenvalue weighted by atomic mass is 10.2. The van der Waals surface area contributed by atoms with Gasteiger partial charge in [0.2, 0.25) is 0 Å². The molecule has 0 radical (unpaired) electrons. The van der Waals surface area contributed by atoms with E-state index in [-0.39, 0.29) is 5.91 Å². The highest BCUT2D eigenvalue weighted by molar-refractivity contribution is 5.93. The van der Waals surface area contributed by atoms with Crippen LogP contribution in [0.3, 0.4) is 0 Å². The number of benzene rings is 2. The fraction of sp³-hybridized carbons (Fsp3) is 0.269. The Hall–Kier alpha value is -3.87. The van der Waals surface area contributed by atoms with Gasteiger partial charge in [-0.1, -0.05) is 24.3 Å². The molecule has 4 rings (SSSR count). The molecule has 2 heterocycles. The molecule has 2 aromatic heterocycles. The Morgan fingerprint density at radius 3 is 2.48 bits per heavy atom. The maximum absolute atomic E-state index is 12.2. The van der Waals surface area contributed by atoms with Crippen LogP contribution in [0.5, 0.6) is 11.5 Å². The van der Waals surface area contributed by atoms with E-state index >= 15 is 0 Å². The first-order chi connectivity index (χ1) is 16.3. The van der Waals surface area contributed by atoms with Crippen LogP contribution in [0, 0.1) is 0 Å². The van der Waals surface area contributed by atoms with Crippen molar-refractivity contribution < 1.29 is 14.3 Å². The number of nitrogens with one attached hydrogen (secondary N) is 1. The van der Waals surface area contributed by atoms with Gasteiger partial charge in [-0.05, 0) is 49.7 Å². The molecule has 7 heteroatoms. The second kappa shape index (κ2) is 11.1. The number of carbonyl (C=O) groups is 1. The lowest BCUT2D eigenvalue weighted by Crippen LogP contribution is -2.25. The zero-order valence-corrected chi connectivity index (χ0v) is 18.7. The number of pyridine rings is 1. The number of carbonyl (C=O) groups excluding carboxylic acids is 1. The van der Waals surface area contributed by atoms with Crippen LogP contribution in [0.4, 0.5) is 0 Å². The van der Waals surface area contributed by atoms with Crippen molar-refractivity contribution in [1.29, 1.82) is 0 Å². The molecule has 1 N–H and O–H groups in total. The van der Waals surface area contributed by atoms with Gasteiger partial charge in [0.15, 0.2) is 11.5 Å². The molecule has 7 nitrogen and oxygen atoms in total. The number of hydrogen-bond acceptors (Lipinski definition) is 5. The van der Waals surface area contributed by atoms with E-state index in [1.807, 2.05) is 49.4 Å². The second-order valence-electron chi connectivity index (χ2n) is 7.49. The molecule has 0 spiro atoms. The number of hydrogen-bond donors (Lipinski definition) is 1. The Kier molecular flexibility index (Phi) is 7.53. The van der Waals surface area contributed by atoms with E-state index in [4.69, 9.17) is 14.5 Å². The molecule has 0 aliphatic heterocycles. The smallest absolute Gasteiger partial charge is 0.251 e. The molecular formula is C26H28N4O3. The lowest BCUT2D eigenvalue weighted by Gasteiger charge is -2.13. The maximum Gasteiger partial charge on any atom is 0.251 e. The quantitative estimate of drug-likeness (QED) is 0.350. The molecule has 0 bridgehead atoms. The summed E-state index contributed by atoms with van der Waals surface area (Å²) in [6, 6.07) is 19.2. The number of imidazole rings is 1. The highest BCUT2D eigenvalue weighted by Gasteiger charge is 2.12. The second-order valence-corrected chi connectivity index (χ2v) is 7.49. The van der Waals surface area contributed by atoms with Crippen molar-refractivity contribution in [3.05, 3.63) is 84.4 Å². The van der Waals surface area contributed by atoms with Crippen LogP contribution < -0.4 is 14.8 Å². The summed E-state index contributed by atoms with van der Waals surface area (Å²) in [5.74, 6) is 2.38. The van der Waals surface area contributed by atoms with Gasteiger partial charge in [0, 0.05) is 30.9 Å². The van der Waals surface area contributed by atoms with Crippen molar-refractivity contribution in [2.45, 2.75) is 26.3 Å². The molecule has 0 unspecified atom stereocenters. The highest BCUT2D eigenvalue weighted by atomic mass is 16.5. The molecule has 0 aliphatic carbocycles. The summed E-state index contributed by atoms with van der Waals surface area (Å²) in [7, 11) is 0. The van der Waals surface area contributed by atoms with Gasteiger partial charge in [-0.2, -0.15) is 0 Å². The van der Waals surface area contributed by atoms with E-state index in [0.717, 1.165) is 41.2 Å². The predicted octanol–water partition coefficient (Wildman–Crippen LogP) is 4.27. The lowest BCUT2D eigenvalue weighted by molar-refractivity contribution is 0.0953. The Labute approximate surface area is 193 Å². The predicted molar refractivity (Wildman–Crippen MR) is 128 cm³/mol. The van der Waals surface area contributed by atoms with Crippen molar-refractivity contribution in [2.24, 2.45) is 0 Å². The molecule has 4 aromatic rings. The van der Waals surface area contributed by atoms with Gasteiger partial charge in [0.05, 0.1) is 24.2 Å². The summed E-state index contributed by atoms with van der Waals surface area (Å²) in [5.41, 5.74) is 2.65. The van der Waals surface area contributed by atoms with Crippen molar-refractivity contribution in [2.75, 3.05) is 19.8 Å². The average Bonchev–Trinajstić information content (AvgIpc) is 3.21. The zero-order valence-electron chi connectivity index (χ0n) is 18.7. The van der Waals surface area contributed by atoms with Crippen LogP contribution in [0.2, 0.25) is 0 Å². The standard InChI is InChI=1S/C26H28N4O3/c1-2-32-23-10-5-6-11-24(23)33-19-18-30-22-9-4-3-8-21(22)29-25(30)12-7-15-28-26(31)20-13-16-27-17-14-20/h3-6,8-11,13-14,16-17H,2,7,12,15,18-19H2,1H3,(H,28,31). The topological polar surface area (TPSA) is 78.3 Å². The van der Waals surface area contributed by atoms with E-state index < -0.39 is 0 Å². The summed E-state index contributed by atoms with van der Waals surface area (Å²) < 4.78 is 13.9. The molecule has 0 fully saturated rings. The number of nitrogens with zero attached hydrogens (tertiary/aromatic N) is 3. The summed E-state index contributed by atoms with van der Waals surface area (Å²) in [6.07, 6.45) is 4.77. The Balaban J connectivity index is 1.38. The van der Waals surface area contributed by atoms with Gasteiger partial charge in [-0.25, -0.2) is 4.98 Å². The van der Waals surface area contributed by atoms with E-state index in [0.29, 0.717) is 31.9 Å². The molecule has 33 heavy (non-hydrogen) atoms. The summed E-state index contributed by atoms with van der Waals surface area (Å²) >= 11 is 0. The van der Waals surface area contributed by atoms with Gasteiger partial charge >= 0.3 is 0 Å². The Morgan fingerprint density at radius 1 is 0.970 bits per heavy atom. The Bertz CT molecular complexity index is 1190. The summed E-state index contributed by atoms with van der Waals surface area (Å²) in [6.45, 7) is 4.28. The number of aromatic nitrogens is 3. The van der Waals surface area contributed by atoms with E-state index in [1.165, 1.54) is 0 Å². The highest BCUT2D eigenvalue weighted by Crippen LogP contribution is 2.26. The first kappa shape index (κ1) is 22.3. The maximum atomic E-state index is 12.2. The fourth-order valence-electron chi connectivity index (χ4n) is 3.71. The SMILES string of the molecule is CCOc1ccccc1OCCn1c(CCCNC(=O)c2ccncc2)nc2ccccc21. The third-order valence-electron chi connectivity index (χ3n) is 5.26. The van der Waals surface area contributed by atoms with Crippen LogP contribution in [-0.2, 0) is 13.0 Å². The van der Waals surface area contributed by atoms with Gasteiger partial charge in [0.1, 0.15) is 12.4 Å². The van der Waals surface area contributed by atoms with Gasteiger partial charge < -0.3 is 19.4 Å². The number of amides is 1. The normalized spacial score (nSPS) is 10.8. The van der Waals surface area contributed by atoms with Crippen LogP contribution in [-0.4, -0.2) is 40.2 Å². The molecular weight excluding hydrogens is 416 g/mol. The molecule has 0 aliphatic rings. The van der Waals surface area contributed by atoms with Crippen molar-refractivity contribution in [1.82, 2.24) is 19.9 Å². The van der Waals surface area contributed by atoms with Crippen molar-refractivity contribution in [3.8, 4) is 11.5 Å². The van der Waals surface area contributed by atoms with Crippen LogP contribution >= 0.6 is 0 Å². The number of para-hydroxylation sites is 4. The van der Waals surface area contributed by atoms with Gasteiger partial charge in [0.25, 0.3) is 5.91 Å². The van der Waals surface area contributed by atoms with Gasteiger partial charge in [-0.3, -0.25) is 9.78 Å². The van der Waals surface area contributed by atoms with E-state index in [1.54, 1.807) is 24.5 Å². The number of fused-ring (bicyclic) bond motifs is 1. The third kappa shape index (κ3) is 5.68. The molecule has 0 atom stereocenters. The summed E-state index contributed by atoms with van der Waals surface area (Å²) in [5, 5.41) is 2.96. The number of aryl methyl sites for hydroxylation is 1. The van der Waals surface area contributed by atoms with Crippen LogP contribution in [0.25, 0.3) is 11.0 Å². The summed E-state index contributed by atoms with van der Waals surface area (Å²) in [4.78, 5) is 21.0. The fourth-order valence-corrected chi connectivity index (χ4v) is 3.71. The first-order valence-corrected chi connectivity index (χ1v) is 11.2. The molecule has 1 amide bonds. The minimum Gasteiger partial charge on any atom is -0.490 e. The van der Waals surface area contributed by atoms with Crippen LogP contribution in [0.15, 0.2) is 73.1 Å². The monoisotopic (exact) mass is 444 g/mol. The van der Waals surface area contributed by atoms with Crippen molar-refractivity contribution >= 4 is 16.9 Å². The van der Waals surface area contributed by atoms with Crippen molar-refractivity contribution in [3.63, 3.8) is 0 Å². The van der Waals surface area contributed by atoms with E-state index in [2.05, 4.69) is 20.9 Å². The minimum atomic E-state index is -0.0905. The first-order valence-electron chi connectivity index (χ1n) is 11.2. The third-order valence-corrected chi connectivity index (χ3v) is 5.26. The number of rotatable bonds is 11. The minimum absolute atomic E-state index is 0.0905. The van der Waals surface area contributed by atoms with E-state index in [9.17, 15) is 4.79 Å². The largest absolute Gasteiger partial charge is 0.490 e. The molecule has 0 saturated heterocycles. The van der Waals surface area contributed by atoms with Gasteiger partial charge in [-0.15, -0.1) is 0 Å². The molecule has 170 valence electrons. The zero-order chi connectivity index (χ0) is 22.9. The molecule has 2 aromatic carbocycles. The van der Waals surface area contributed by atoms with Crippen LogP contribution in [0.1, 0.15) is 29.5 Å². The molecule has 0 saturated carbocycles. The Morgan fingerprint density at radius 2 is 1.70 bits per heavy atom.